The second-order valence-electron chi connectivity index (χ2n) is 6.58. The van der Waals surface area contributed by atoms with Gasteiger partial charge < -0.3 is 15.4 Å². The van der Waals surface area contributed by atoms with Gasteiger partial charge in [-0.05, 0) is 24.1 Å². The fourth-order valence-corrected chi connectivity index (χ4v) is 3.57. The van der Waals surface area contributed by atoms with E-state index in [0.29, 0.717) is 41.9 Å². The lowest BCUT2D eigenvalue weighted by Gasteiger charge is -2.07. The summed E-state index contributed by atoms with van der Waals surface area (Å²) in [7, 11) is 0. The largest absolute Gasteiger partial charge is 0.492 e. The minimum atomic E-state index is -0.107. The third-order valence-corrected chi connectivity index (χ3v) is 5.25. The molecule has 1 heterocycles. The SMILES string of the molecule is CC(=O)NCc1ccc(-c2csc(NC(=O)CCCOc3ccccc3Cl)n2)cc1. The summed E-state index contributed by atoms with van der Waals surface area (Å²) >= 11 is 7.42. The van der Waals surface area contributed by atoms with E-state index in [0.717, 1.165) is 16.8 Å². The molecule has 0 aliphatic heterocycles. The van der Waals surface area contributed by atoms with Crippen LogP contribution in [0.4, 0.5) is 5.13 Å². The highest BCUT2D eigenvalue weighted by Gasteiger charge is 2.09. The van der Waals surface area contributed by atoms with Crippen molar-refractivity contribution in [1.29, 1.82) is 0 Å². The van der Waals surface area contributed by atoms with E-state index in [1.54, 1.807) is 12.1 Å². The maximum absolute atomic E-state index is 12.1. The summed E-state index contributed by atoms with van der Waals surface area (Å²) in [4.78, 5) is 27.6. The Labute approximate surface area is 184 Å². The fraction of sp³-hybridized carbons (Fsp3) is 0.227. The van der Waals surface area contributed by atoms with Gasteiger partial charge in [-0.1, -0.05) is 48.0 Å². The van der Waals surface area contributed by atoms with Crippen molar-refractivity contribution >= 4 is 39.9 Å². The lowest BCUT2D eigenvalue weighted by Crippen LogP contribution is -2.18. The van der Waals surface area contributed by atoms with Crippen LogP contribution >= 0.6 is 22.9 Å². The highest BCUT2D eigenvalue weighted by Crippen LogP contribution is 2.26. The van der Waals surface area contributed by atoms with Crippen LogP contribution in [0.2, 0.25) is 5.02 Å². The third kappa shape index (κ3) is 6.57. The average Bonchev–Trinajstić information content (AvgIpc) is 3.19. The van der Waals surface area contributed by atoms with Crippen LogP contribution < -0.4 is 15.4 Å². The van der Waals surface area contributed by atoms with Gasteiger partial charge in [0.1, 0.15) is 5.75 Å². The highest BCUT2D eigenvalue weighted by molar-refractivity contribution is 7.14. The molecule has 30 heavy (non-hydrogen) atoms. The normalized spacial score (nSPS) is 10.5. The van der Waals surface area contributed by atoms with Gasteiger partial charge in [0.05, 0.1) is 17.3 Å². The van der Waals surface area contributed by atoms with Gasteiger partial charge in [-0.3, -0.25) is 9.59 Å². The van der Waals surface area contributed by atoms with E-state index >= 15 is 0 Å². The second-order valence-corrected chi connectivity index (χ2v) is 7.84. The first-order chi connectivity index (χ1) is 14.5. The minimum absolute atomic E-state index is 0.0608. The number of hydrogen-bond donors (Lipinski definition) is 2. The topological polar surface area (TPSA) is 80.3 Å². The van der Waals surface area contributed by atoms with E-state index in [9.17, 15) is 9.59 Å². The van der Waals surface area contributed by atoms with Gasteiger partial charge in [0.15, 0.2) is 5.13 Å². The first kappa shape index (κ1) is 21.8. The summed E-state index contributed by atoms with van der Waals surface area (Å²) in [6, 6.07) is 15.0. The molecule has 0 atom stereocenters. The van der Waals surface area contributed by atoms with Gasteiger partial charge in [0, 0.05) is 30.8 Å². The van der Waals surface area contributed by atoms with Crippen molar-refractivity contribution in [2.45, 2.75) is 26.3 Å². The van der Waals surface area contributed by atoms with Crippen LogP contribution in [0.5, 0.6) is 5.75 Å². The molecule has 6 nitrogen and oxygen atoms in total. The molecule has 3 rings (SSSR count). The number of ether oxygens (including phenoxy) is 1. The number of amides is 2. The van der Waals surface area contributed by atoms with Crippen molar-refractivity contribution in [2.75, 3.05) is 11.9 Å². The zero-order valence-corrected chi connectivity index (χ0v) is 18.1. The monoisotopic (exact) mass is 443 g/mol. The molecule has 1 aromatic heterocycles. The molecule has 0 bridgehead atoms. The number of carbonyl (C=O) groups excluding carboxylic acids is 2. The van der Waals surface area contributed by atoms with Crippen LogP contribution in [0.25, 0.3) is 11.3 Å². The standard InChI is InChI=1S/C22H22ClN3O3S/c1-15(27)24-13-16-8-10-17(11-9-16)19-14-30-22(25-19)26-21(28)7-4-12-29-20-6-3-2-5-18(20)23/h2-3,5-6,8-11,14H,4,7,12-13H2,1H3,(H,24,27)(H,25,26,28). The van der Waals surface area contributed by atoms with Crippen molar-refractivity contribution < 1.29 is 14.3 Å². The van der Waals surface area contributed by atoms with Crippen molar-refractivity contribution in [1.82, 2.24) is 10.3 Å². The zero-order chi connectivity index (χ0) is 21.3. The number of nitrogens with one attached hydrogen (secondary N) is 2. The van der Waals surface area contributed by atoms with Gasteiger partial charge in [-0.25, -0.2) is 4.98 Å². The molecule has 0 unspecified atom stereocenters. The predicted octanol–water partition coefficient (Wildman–Crippen LogP) is 4.90. The Bertz CT molecular complexity index is 1000. The van der Waals surface area contributed by atoms with Crippen LogP contribution in [0, 0.1) is 0 Å². The van der Waals surface area contributed by atoms with Crippen LogP contribution in [0.3, 0.4) is 0 Å². The predicted molar refractivity (Wildman–Crippen MR) is 120 cm³/mol. The van der Waals surface area contributed by atoms with Crippen LogP contribution in [-0.2, 0) is 16.1 Å². The van der Waals surface area contributed by atoms with Gasteiger partial charge in [-0.2, -0.15) is 0 Å². The minimum Gasteiger partial charge on any atom is -0.492 e. The summed E-state index contributed by atoms with van der Waals surface area (Å²) in [5.41, 5.74) is 2.76. The van der Waals surface area contributed by atoms with Gasteiger partial charge in [-0.15, -0.1) is 11.3 Å². The number of para-hydroxylation sites is 1. The van der Waals surface area contributed by atoms with E-state index < -0.39 is 0 Å². The molecule has 0 aliphatic rings. The van der Waals surface area contributed by atoms with Crippen LogP contribution in [0.1, 0.15) is 25.3 Å². The maximum Gasteiger partial charge on any atom is 0.226 e. The van der Waals surface area contributed by atoms with E-state index in [4.69, 9.17) is 16.3 Å². The molecular weight excluding hydrogens is 422 g/mol. The van der Waals surface area contributed by atoms with Gasteiger partial charge in [0.25, 0.3) is 0 Å². The summed E-state index contributed by atoms with van der Waals surface area (Å²) in [5.74, 6) is 0.450. The number of nitrogens with zero attached hydrogens (tertiary/aromatic N) is 1. The summed E-state index contributed by atoms with van der Waals surface area (Å²) in [5, 5.41) is 8.61. The molecule has 0 aliphatic carbocycles. The molecule has 0 saturated carbocycles. The van der Waals surface area contributed by atoms with Crippen molar-refractivity contribution in [3.63, 3.8) is 0 Å². The number of benzene rings is 2. The Hall–Kier alpha value is -2.90. The van der Waals surface area contributed by atoms with E-state index in [1.165, 1.54) is 18.3 Å². The number of halogens is 1. The Morgan fingerprint density at radius 2 is 1.90 bits per heavy atom. The summed E-state index contributed by atoms with van der Waals surface area (Å²) < 4.78 is 5.59. The number of carbonyl (C=O) groups is 2. The van der Waals surface area contributed by atoms with Gasteiger partial charge >= 0.3 is 0 Å². The molecule has 0 saturated heterocycles. The number of aromatic nitrogens is 1. The molecular formula is C22H22ClN3O3S. The summed E-state index contributed by atoms with van der Waals surface area (Å²) in [6.07, 6.45) is 0.905. The molecule has 2 N–H and O–H groups in total. The molecule has 2 amide bonds. The van der Waals surface area contributed by atoms with Crippen molar-refractivity contribution in [3.05, 3.63) is 64.5 Å². The molecule has 0 radical (unpaired) electrons. The van der Waals surface area contributed by atoms with Crippen molar-refractivity contribution in [2.24, 2.45) is 0 Å². The van der Waals surface area contributed by atoms with Crippen LogP contribution in [-0.4, -0.2) is 23.4 Å². The fourth-order valence-electron chi connectivity index (χ4n) is 2.64. The van der Waals surface area contributed by atoms with Crippen molar-refractivity contribution in [3.8, 4) is 17.0 Å². The first-order valence-electron chi connectivity index (χ1n) is 9.48. The number of hydrogen-bond acceptors (Lipinski definition) is 5. The smallest absolute Gasteiger partial charge is 0.226 e. The lowest BCUT2D eigenvalue weighted by molar-refractivity contribution is -0.119. The Morgan fingerprint density at radius 3 is 2.63 bits per heavy atom. The molecule has 8 heteroatoms. The number of rotatable bonds is 9. The van der Waals surface area contributed by atoms with E-state index in [-0.39, 0.29) is 11.8 Å². The van der Waals surface area contributed by atoms with Crippen LogP contribution in [0.15, 0.2) is 53.9 Å². The Kier molecular flexibility index (Phi) is 7.82. The van der Waals surface area contributed by atoms with E-state index in [1.807, 2.05) is 41.8 Å². The number of anilines is 1. The second kappa shape index (κ2) is 10.8. The molecule has 156 valence electrons. The molecule has 0 fully saturated rings. The molecule has 2 aromatic carbocycles. The maximum atomic E-state index is 12.1. The average molecular weight is 444 g/mol. The summed E-state index contributed by atoms with van der Waals surface area (Å²) in [6.45, 7) is 2.39. The highest BCUT2D eigenvalue weighted by atomic mass is 35.5. The molecule has 0 spiro atoms. The quantitative estimate of drug-likeness (QED) is 0.461. The molecule has 3 aromatic rings. The Balaban J connectivity index is 1.45. The van der Waals surface area contributed by atoms with E-state index in [2.05, 4.69) is 15.6 Å². The first-order valence-corrected chi connectivity index (χ1v) is 10.7. The lowest BCUT2D eigenvalue weighted by atomic mass is 10.1. The number of thiazole rings is 1. The van der Waals surface area contributed by atoms with Gasteiger partial charge in [0.2, 0.25) is 11.8 Å². The Morgan fingerprint density at radius 1 is 1.13 bits per heavy atom. The third-order valence-electron chi connectivity index (χ3n) is 4.18. The zero-order valence-electron chi connectivity index (χ0n) is 16.5.